The van der Waals surface area contributed by atoms with Crippen LogP contribution >= 0.6 is 11.3 Å². The first-order valence-corrected chi connectivity index (χ1v) is 7.11. The lowest BCUT2D eigenvalue weighted by atomic mass is 10.1. The summed E-state index contributed by atoms with van der Waals surface area (Å²) >= 11 is 1.56. The topological polar surface area (TPSA) is 45.2 Å². The molecule has 92 valence electrons. The summed E-state index contributed by atoms with van der Waals surface area (Å²) in [6.45, 7) is 2.78. The summed E-state index contributed by atoms with van der Waals surface area (Å²) in [5, 5.41) is 6.29. The van der Waals surface area contributed by atoms with Crippen LogP contribution in [0.3, 0.4) is 0 Å². The number of piperidine rings is 1. The quantitative estimate of drug-likeness (QED) is 0.889. The number of carbonyl (C=O) groups is 1. The van der Waals surface area contributed by atoms with Crippen LogP contribution in [0.1, 0.15) is 31.4 Å². The molecule has 1 N–H and O–H groups in total. The van der Waals surface area contributed by atoms with Crippen LogP contribution in [0.2, 0.25) is 0 Å². The van der Waals surface area contributed by atoms with Crippen molar-refractivity contribution in [3.8, 4) is 0 Å². The first kappa shape index (κ1) is 11.2. The fourth-order valence-electron chi connectivity index (χ4n) is 2.22. The number of nitrogens with one attached hydrogen (secondary N) is 1. The Morgan fingerprint density at radius 1 is 1.47 bits per heavy atom. The fraction of sp³-hybridized carbons (Fsp3) is 0.667. The van der Waals surface area contributed by atoms with E-state index in [0.717, 1.165) is 30.2 Å². The van der Waals surface area contributed by atoms with Gasteiger partial charge in [0, 0.05) is 18.0 Å². The van der Waals surface area contributed by atoms with Gasteiger partial charge in [-0.05, 0) is 32.6 Å². The number of thiazole rings is 1. The van der Waals surface area contributed by atoms with Gasteiger partial charge >= 0.3 is 0 Å². The van der Waals surface area contributed by atoms with E-state index in [0.29, 0.717) is 6.04 Å². The van der Waals surface area contributed by atoms with Crippen molar-refractivity contribution in [3.63, 3.8) is 0 Å². The Bertz CT molecular complexity index is 427. The van der Waals surface area contributed by atoms with E-state index < -0.39 is 0 Å². The predicted molar refractivity (Wildman–Crippen MR) is 68.4 cm³/mol. The van der Waals surface area contributed by atoms with Crippen LogP contribution in [-0.4, -0.2) is 29.5 Å². The van der Waals surface area contributed by atoms with Gasteiger partial charge in [-0.2, -0.15) is 0 Å². The molecule has 2 aliphatic rings. The first-order chi connectivity index (χ1) is 8.24. The minimum atomic E-state index is 0.0143. The summed E-state index contributed by atoms with van der Waals surface area (Å²) in [6, 6.07) is 0.599. The van der Waals surface area contributed by atoms with Crippen molar-refractivity contribution in [1.29, 1.82) is 0 Å². The summed E-state index contributed by atoms with van der Waals surface area (Å²) in [5.41, 5.74) is 0.995. The van der Waals surface area contributed by atoms with Crippen LogP contribution in [0.4, 0.5) is 5.13 Å². The highest BCUT2D eigenvalue weighted by atomic mass is 32.1. The standard InChI is InChI=1S/C12H17N3OS/c1-8-7-17-12(13-8)15-6-2-3-10(11(15)16)14-9-4-5-9/h7,9-10,14H,2-6H2,1H3. The van der Waals surface area contributed by atoms with Crippen LogP contribution < -0.4 is 10.2 Å². The zero-order chi connectivity index (χ0) is 11.8. The van der Waals surface area contributed by atoms with Gasteiger partial charge in [0.1, 0.15) is 0 Å². The molecule has 1 saturated heterocycles. The Kier molecular flexibility index (Phi) is 2.88. The van der Waals surface area contributed by atoms with Gasteiger partial charge in [0.2, 0.25) is 5.91 Å². The van der Waals surface area contributed by atoms with Crippen molar-refractivity contribution in [2.45, 2.75) is 44.7 Å². The van der Waals surface area contributed by atoms with Crippen molar-refractivity contribution in [2.75, 3.05) is 11.4 Å². The van der Waals surface area contributed by atoms with Gasteiger partial charge in [0.15, 0.2) is 5.13 Å². The molecule has 1 atom stereocenters. The normalized spacial score (nSPS) is 25.4. The van der Waals surface area contributed by atoms with E-state index in [9.17, 15) is 4.79 Å². The van der Waals surface area contributed by atoms with Crippen LogP contribution in [0.5, 0.6) is 0 Å². The van der Waals surface area contributed by atoms with Crippen molar-refractivity contribution < 1.29 is 4.79 Å². The number of hydrogen-bond acceptors (Lipinski definition) is 4. The second-order valence-electron chi connectivity index (χ2n) is 4.90. The van der Waals surface area contributed by atoms with E-state index >= 15 is 0 Å². The lowest BCUT2D eigenvalue weighted by molar-refractivity contribution is -0.121. The Morgan fingerprint density at radius 3 is 2.94 bits per heavy atom. The maximum atomic E-state index is 12.3. The van der Waals surface area contributed by atoms with Crippen molar-refractivity contribution in [1.82, 2.24) is 10.3 Å². The minimum Gasteiger partial charge on any atom is -0.303 e. The molecule has 1 aliphatic carbocycles. The Labute approximate surface area is 105 Å². The molecular weight excluding hydrogens is 234 g/mol. The molecule has 1 aliphatic heterocycles. The van der Waals surface area contributed by atoms with E-state index in [1.54, 1.807) is 11.3 Å². The van der Waals surface area contributed by atoms with Gasteiger partial charge in [-0.1, -0.05) is 0 Å². The van der Waals surface area contributed by atoms with Gasteiger partial charge in [-0.15, -0.1) is 11.3 Å². The van der Waals surface area contributed by atoms with Crippen LogP contribution in [-0.2, 0) is 4.79 Å². The Morgan fingerprint density at radius 2 is 2.29 bits per heavy atom. The van der Waals surface area contributed by atoms with Crippen molar-refractivity contribution >= 4 is 22.4 Å². The molecule has 1 amide bonds. The average Bonchev–Trinajstić information content (AvgIpc) is 3.02. The molecule has 1 saturated carbocycles. The van der Waals surface area contributed by atoms with E-state index in [2.05, 4.69) is 10.3 Å². The SMILES string of the molecule is Cc1csc(N2CCCC(NC3CC3)C2=O)n1. The van der Waals surface area contributed by atoms with Crippen LogP contribution in [0, 0.1) is 6.92 Å². The summed E-state index contributed by atoms with van der Waals surface area (Å²) in [4.78, 5) is 18.6. The molecule has 1 aromatic rings. The molecule has 2 fully saturated rings. The van der Waals surface area contributed by atoms with E-state index in [4.69, 9.17) is 0 Å². The molecule has 1 unspecified atom stereocenters. The molecule has 0 spiro atoms. The first-order valence-electron chi connectivity index (χ1n) is 6.23. The molecule has 4 nitrogen and oxygen atoms in total. The summed E-state index contributed by atoms with van der Waals surface area (Å²) in [5.74, 6) is 0.206. The maximum absolute atomic E-state index is 12.3. The van der Waals surface area contributed by atoms with Gasteiger partial charge in [0.05, 0.1) is 11.7 Å². The van der Waals surface area contributed by atoms with Gasteiger partial charge in [-0.3, -0.25) is 9.69 Å². The molecule has 1 aromatic heterocycles. The van der Waals surface area contributed by atoms with Crippen LogP contribution in [0.25, 0.3) is 0 Å². The Balaban J connectivity index is 1.73. The zero-order valence-electron chi connectivity index (χ0n) is 9.98. The number of rotatable bonds is 3. The average molecular weight is 251 g/mol. The van der Waals surface area contributed by atoms with Gasteiger partial charge in [-0.25, -0.2) is 4.98 Å². The van der Waals surface area contributed by atoms with E-state index in [-0.39, 0.29) is 11.9 Å². The molecule has 5 heteroatoms. The molecule has 0 aromatic carbocycles. The monoisotopic (exact) mass is 251 g/mol. The number of carbonyl (C=O) groups excluding carboxylic acids is 1. The van der Waals surface area contributed by atoms with Crippen molar-refractivity contribution in [3.05, 3.63) is 11.1 Å². The molecule has 17 heavy (non-hydrogen) atoms. The maximum Gasteiger partial charge on any atom is 0.245 e. The van der Waals surface area contributed by atoms with Crippen LogP contribution in [0.15, 0.2) is 5.38 Å². The zero-order valence-corrected chi connectivity index (χ0v) is 10.8. The Hall–Kier alpha value is -0.940. The van der Waals surface area contributed by atoms with Crippen molar-refractivity contribution in [2.24, 2.45) is 0 Å². The van der Waals surface area contributed by atoms with Gasteiger partial charge in [0.25, 0.3) is 0 Å². The molecule has 3 rings (SSSR count). The third kappa shape index (κ3) is 2.35. The summed E-state index contributed by atoms with van der Waals surface area (Å²) in [7, 11) is 0. The molecule has 0 bridgehead atoms. The number of hydrogen-bond donors (Lipinski definition) is 1. The van der Waals surface area contributed by atoms with E-state index in [1.165, 1.54) is 12.8 Å². The number of aromatic nitrogens is 1. The second kappa shape index (κ2) is 4.38. The largest absolute Gasteiger partial charge is 0.303 e. The smallest absolute Gasteiger partial charge is 0.245 e. The lowest BCUT2D eigenvalue weighted by Gasteiger charge is -2.31. The number of amides is 1. The fourth-order valence-corrected chi connectivity index (χ4v) is 3.05. The summed E-state index contributed by atoms with van der Waals surface area (Å²) < 4.78 is 0. The molecular formula is C12H17N3OS. The second-order valence-corrected chi connectivity index (χ2v) is 5.73. The number of nitrogens with zero attached hydrogens (tertiary/aromatic N) is 2. The summed E-state index contributed by atoms with van der Waals surface area (Å²) in [6.07, 6.45) is 4.48. The number of aryl methyl sites for hydroxylation is 1. The number of anilines is 1. The van der Waals surface area contributed by atoms with E-state index in [1.807, 2.05) is 17.2 Å². The lowest BCUT2D eigenvalue weighted by Crippen LogP contribution is -2.51. The van der Waals surface area contributed by atoms with Gasteiger partial charge < -0.3 is 5.32 Å². The highest BCUT2D eigenvalue weighted by molar-refractivity contribution is 7.14. The molecule has 0 radical (unpaired) electrons. The highest BCUT2D eigenvalue weighted by Crippen LogP contribution is 2.27. The molecule has 2 heterocycles. The highest BCUT2D eigenvalue weighted by Gasteiger charge is 2.34. The third-order valence-electron chi connectivity index (χ3n) is 3.29. The predicted octanol–water partition coefficient (Wildman–Crippen LogP) is 1.70. The minimum absolute atomic E-state index is 0.0143. The third-order valence-corrected chi connectivity index (χ3v) is 4.27.